The monoisotopic (exact) mass is 255 g/mol. The molecule has 0 saturated carbocycles. The van der Waals surface area contributed by atoms with Crippen molar-refractivity contribution in [1.82, 2.24) is 10.7 Å². The summed E-state index contributed by atoms with van der Waals surface area (Å²) < 4.78 is 0. The number of para-hydroxylation sites is 1. The van der Waals surface area contributed by atoms with Gasteiger partial charge in [0, 0.05) is 24.8 Å². The highest BCUT2D eigenvalue weighted by atomic mass is 16.1. The first-order valence-electron chi connectivity index (χ1n) is 6.14. The van der Waals surface area contributed by atoms with E-state index in [1.54, 1.807) is 7.05 Å². The lowest BCUT2D eigenvalue weighted by atomic mass is 10.1. The topological polar surface area (TPSA) is 53.2 Å². The highest BCUT2D eigenvalue weighted by Gasteiger charge is 2.01. The Balaban J connectivity index is 1.85. The number of carbonyl (C=O) groups is 1. The predicted molar refractivity (Wildman–Crippen MR) is 76.7 cm³/mol. The Morgan fingerprint density at radius 3 is 2.32 bits per heavy atom. The Morgan fingerprint density at radius 1 is 1.00 bits per heavy atom. The van der Waals surface area contributed by atoms with Gasteiger partial charge in [-0.2, -0.15) is 0 Å². The van der Waals surface area contributed by atoms with Crippen LogP contribution in [0, 0.1) is 0 Å². The molecule has 0 fully saturated rings. The second kappa shape index (κ2) is 6.56. The fourth-order valence-corrected chi connectivity index (χ4v) is 1.69. The van der Waals surface area contributed by atoms with Crippen molar-refractivity contribution in [2.24, 2.45) is 0 Å². The van der Waals surface area contributed by atoms with Gasteiger partial charge in [0.15, 0.2) is 0 Å². The van der Waals surface area contributed by atoms with E-state index in [0.29, 0.717) is 12.1 Å². The van der Waals surface area contributed by atoms with Crippen molar-refractivity contribution >= 4 is 11.6 Å². The van der Waals surface area contributed by atoms with E-state index in [9.17, 15) is 4.79 Å². The number of carbonyl (C=O) groups excluding carboxylic acids is 1. The molecule has 0 unspecified atom stereocenters. The van der Waals surface area contributed by atoms with Gasteiger partial charge in [0.1, 0.15) is 0 Å². The average Bonchev–Trinajstić information content (AvgIpc) is 2.48. The summed E-state index contributed by atoms with van der Waals surface area (Å²) in [5.74, 6) is -0.0677. The fourth-order valence-electron chi connectivity index (χ4n) is 1.69. The minimum Gasteiger partial charge on any atom is -0.355 e. The molecule has 0 heterocycles. The van der Waals surface area contributed by atoms with Crippen molar-refractivity contribution in [3.63, 3.8) is 0 Å². The molecule has 0 bridgehead atoms. The van der Waals surface area contributed by atoms with Crippen LogP contribution in [0.2, 0.25) is 0 Å². The highest BCUT2D eigenvalue weighted by molar-refractivity contribution is 5.93. The lowest BCUT2D eigenvalue weighted by Crippen LogP contribution is -2.21. The maximum absolute atomic E-state index is 11.4. The molecule has 0 aliphatic rings. The summed E-state index contributed by atoms with van der Waals surface area (Å²) in [5.41, 5.74) is 9.04. The first kappa shape index (κ1) is 13.1. The van der Waals surface area contributed by atoms with Crippen LogP contribution in [0.4, 0.5) is 5.69 Å². The molecule has 19 heavy (non-hydrogen) atoms. The summed E-state index contributed by atoms with van der Waals surface area (Å²) in [4.78, 5) is 11.4. The summed E-state index contributed by atoms with van der Waals surface area (Å²) in [6.45, 7) is 0.683. The molecular formula is C15H17N3O. The highest BCUT2D eigenvalue weighted by Crippen LogP contribution is 2.06. The van der Waals surface area contributed by atoms with Gasteiger partial charge in [0.25, 0.3) is 5.91 Å². The van der Waals surface area contributed by atoms with Gasteiger partial charge < -0.3 is 10.7 Å². The largest absolute Gasteiger partial charge is 0.355 e. The number of nitrogens with one attached hydrogen (secondary N) is 3. The van der Waals surface area contributed by atoms with Crippen molar-refractivity contribution in [2.45, 2.75) is 6.54 Å². The normalized spacial score (nSPS) is 9.95. The van der Waals surface area contributed by atoms with E-state index >= 15 is 0 Å². The van der Waals surface area contributed by atoms with Crippen LogP contribution >= 0.6 is 0 Å². The van der Waals surface area contributed by atoms with Gasteiger partial charge >= 0.3 is 0 Å². The van der Waals surface area contributed by atoms with Gasteiger partial charge in [-0.3, -0.25) is 4.79 Å². The van der Waals surface area contributed by atoms with Crippen LogP contribution in [0.25, 0.3) is 0 Å². The number of anilines is 1. The summed E-state index contributed by atoms with van der Waals surface area (Å²) in [6.07, 6.45) is 0. The van der Waals surface area contributed by atoms with Crippen molar-refractivity contribution in [2.75, 3.05) is 12.5 Å². The van der Waals surface area contributed by atoms with Crippen LogP contribution in [0.15, 0.2) is 54.6 Å². The van der Waals surface area contributed by atoms with Crippen LogP contribution in [0.5, 0.6) is 0 Å². The molecule has 0 saturated heterocycles. The lowest BCUT2D eigenvalue weighted by molar-refractivity contribution is 0.0963. The van der Waals surface area contributed by atoms with E-state index in [1.807, 2.05) is 54.6 Å². The van der Waals surface area contributed by atoms with Crippen LogP contribution in [-0.4, -0.2) is 13.0 Å². The average molecular weight is 255 g/mol. The number of amides is 1. The number of benzene rings is 2. The zero-order chi connectivity index (χ0) is 13.5. The standard InChI is InChI=1S/C15H17N3O/c1-16-15(19)13-9-7-12(8-10-13)11-17-18-14-5-3-2-4-6-14/h2-10,17-18H,11H2,1H3,(H,16,19). The first-order valence-corrected chi connectivity index (χ1v) is 6.14. The van der Waals surface area contributed by atoms with Crippen LogP contribution in [-0.2, 0) is 6.54 Å². The van der Waals surface area contributed by atoms with Gasteiger partial charge in [-0.25, -0.2) is 5.43 Å². The maximum Gasteiger partial charge on any atom is 0.251 e. The second-order valence-corrected chi connectivity index (χ2v) is 4.12. The molecule has 1 amide bonds. The third-order valence-corrected chi connectivity index (χ3v) is 2.74. The molecular weight excluding hydrogens is 238 g/mol. The number of hydrogen-bond acceptors (Lipinski definition) is 3. The van der Waals surface area contributed by atoms with E-state index in [0.717, 1.165) is 11.3 Å². The molecule has 0 spiro atoms. The van der Waals surface area contributed by atoms with E-state index in [1.165, 1.54) is 0 Å². The van der Waals surface area contributed by atoms with Gasteiger partial charge in [0.05, 0.1) is 0 Å². The van der Waals surface area contributed by atoms with Crippen LogP contribution in [0.3, 0.4) is 0 Å². The van der Waals surface area contributed by atoms with Crippen molar-refractivity contribution in [1.29, 1.82) is 0 Å². The molecule has 2 aromatic carbocycles. The minimum absolute atomic E-state index is 0.0677. The summed E-state index contributed by atoms with van der Waals surface area (Å²) >= 11 is 0. The van der Waals surface area contributed by atoms with Crippen molar-refractivity contribution < 1.29 is 4.79 Å². The van der Waals surface area contributed by atoms with Gasteiger partial charge in [-0.1, -0.05) is 30.3 Å². The summed E-state index contributed by atoms with van der Waals surface area (Å²) in [6, 6.07) is 17.4. The third-order valence-electron chi connectivity index (χ3n) is 2.74. The summed E-state index contributed by atoms with van der Waals surface area (Å²) in [5, 5.41) is 2.60. The zero-order valence-corrected chi connectivity index (χ0v) is 10.8. The number of rotatable bonds is 5. The molecule has 4 heteroatoms. The zero-order valence-electron chi connectivity index (χ0n) is 10.8. The fraction of sp³-hybridized carbons (Fsp3) is 0.133. The predicted octanol–water partition coefficient (Wildman–Crippen LogP) is 2.16. The molecule has 0 aromatic heterocycles. The smallest absolute Gasteiger partial charge is 0.251 e. The SMILES string of the molecule is CNC(=O)c1ccc(CNNc2ccccc2)cc1. The molecule has 0 radical (unpaired) electrons. The van der Waals surface area contributed by atoms with E-state index in [4.69, 9.17) is 0 Å². The Kier molecular flexibility index (Phi) is 4.53. The quantitative estimate of drug-likeness (QED) is 0.718. The molecule has 2 rings (SSSR count). The maximum atomic E-state index is 11.4. The molecule has 0 aliphatic heterocycles. The molecule has 4 nitrogen and oxygen atoms in total. The molecule has 3 N–H and O–H groups in total. The number of hydrazine groups is 1. The Labute approximate surface area is 112 Å². The Morgan fingerprint density at radius 2 is 1.68 bits per heavy atom. The third kappa shape index (κ3) is 3.82. The van der Waals surface area contributed by atoms with Crippen molar-refractivity contribution in [3.05, 3.63) is 65.7 Å². The molecule has 2 aromatic rings. The Hall–Kier alpha value is -2.33. The Bertz CT molecular complexity index is 523. The van der Waals surface area contributed by atoms with E-state index in [2.05, 4.69) is 16.2 Å². The van der Waals surface area contributed by atoms with E-state index < -0.39 is 0 Å². The summed E-state index contributed by atoms with van der Waals surface area (Å²) in [7, 11) is 1.63. The lowest BCUT2D eigenvalue weighted by Gasteiger charge is -2.08. The van der Waals surface area contributed by atoms with Crippen molar-refractivity contribution in [3.8, 4) is 0 Å². The first-order chi connectivity index (χ1) is 9.29. The van der Waals surface area contributed by atoms with Gasteiger partial charge in [0.2, 0.25) is 0 Å². The molecule has 0 atom stereocenters. The molecule has 0 aliphatic carbocycles. The van der Waals surface area contributed by atoms with Gasteiger partial charge in [-0.15, -0.1) is 0 Å². The molecule has 98 valence electrons. The van der Waals surface area contributed by atoms with E-state index in [-0.39, 0.29) is 5.91 Å². The second-order valence-electron chi connectivity index (χ2n) is 4.12. The number of hydrogen-bond donors (Lipinski definition) is 3. The van der Waals surface area contributed by atoms with Gasteiger partial charge in [-0.05, 0) is 29.8 Å². The minimum atomic E-state index is -0.0677. The van der Waals surface area contributed by atoms with Crippen LogP contribution < -0.4 is 16.2 Å². The van der Waals surface area contributed by atoms with Crippen LogP contribution in [0.1, 0.15) is 15.9 Å².